The molecule has 0 bridgehead atoms. The summed E-state index contributed by atoms with van der Waals surface area (Å²) in [7, 11) is -0.510. The van der Waals surface area contributed by atoms with E-state index in [0.717, 1.165) is 10.2 Å². The number of hydrogen-bond donors (Lipinski definition) is 1. The van der Waals surface area contributed by atoms with Crippen molar-refractivity contribution in [3.8, 4) is 16.5 Å². The highest BCUT2D eigenvalue weighted by Crippen LogP contribution is 2.40. The van der Waals surface area contributed by atoms with Crippen molar-refractivity contribution in [3.05, 3.63) is 63.9 Å². The molecule has 1 aromatic carbocycles. The molecule has 4 heterocycles. The van der Waals surface area contributed by atoms with Crippen LogP contribution in [0, 0.1) is 6.92 Å². The molecule has 1 atom stereocenters. The highest BCUT2D eigenvalue weighted by molar-refractivity contribution is 8.00. The van der Waals surface area contributed by atoms with Crippen molar-refractivity contribution in [2.24, 2.45) is 0 Å². The monoisotopic (exact) mass is 599 g/mol. The number of aromatic nitrogens is 3. The Hall–Kier alpha value is -3.48. The third-order valence-corrected chi connectivity index (χ3v) is 10.8. The first-order valence-corrected chi connectivity index (χ1v) is 16.1. The molecular formula is C29H33N3O7S2. The van der Waals surface area contributed by atoms with Crippen molar-refractivity contribution in [2.75, 3.05) is 18.6 Å². The summed E-state index contributed by atoms with van der Waals surface area (Å²) in [6, 6.07) is 7.53. The highest BCUT2D eigenvalue weighted by Gasteiger charge is 2.35. The van der Waals surface area contributed by atoms with E-state index in [4.69, 9.17) is 13.9 Å². The lowest BCUT2D eigenvalue weighted by atomic mass is 10.0. The SMILES string of the molecule is C=S1(=O)CCC(O[C@@H](Cc2nn(C(C)(C)C(=O)O)c(=O)c3c(C)c(-c4ncco4)sc23)c2ccccc2OC)CC1. The molecule has 1 saturated heterocycles. The van der Waals surface area contributed by atoms with Gasteiger partial charge in [0.15, 0.2) is 5.54 Å². The minimum Gasteiger partial charge on any atom is -0.496 e. The fraction of sp³-hybridized carbons (Fsp3) is 0.414. The summed E-state index contributed by atoms with van der Waals surface area (Å²) >= 11 is 1.33. The van der Waals surface area contributed by atoms with E-state index in [2.05, 4.69) is 16.0 Å². The normalized spacial score (nSPS) is 20.2. The fourth-order valence-corrected chi connectivity index (χ4v) is 7.90. The molecule has 1 fully saturated rings. The maximum Gasteiger partial charge on any atom is 0.331 e. The number of hydrogen-bond acceptors (Lipinski definition) is 9. The topological polar surface area (TPSA) is 134 Å². The van der Waals surface area contributed by atoms with Gasteiger partial charge in [-0.15, -0.1) is 11.3 Å². The van der Waals surface area contributed by atoms with Crippen molar-refractivity contribution in [1.29, 1.82) is 0 Å². The number of oxazole rings is 1. The Balaban J connectivity index is 1.68. The molecule has 218 valence electrons. The smallest absolute Gasteiger partial charge is 0.331 e. The Morgan fingerprint density at radius 3 is 2.66 bits per heavy atom. The first kappa shape index (κ1) is 29.0. The summed E-state index contributed by atoms with van der Waals surface area (Å²) in [5, 5.41) is 15.0. The molecule has 1 aliphatic rings. The lowest BCUT2D eigenvalue weighted by molar-refractivity contribution is -0.146. The maximum atomic E-state index is 13.8. The molecule has 41 heavy (non-hydrogen) atoms. The summed E-state index contributed by atoms with van der Waals surface area (Å²) < 4.78 is 32.1. The number of carboxylic acids is 1. The zero-order valence-corrected chi connectivity index (χ0v) is 25.0. The molecule has 0 unspecified atom stereocenters. The second-order valence-corrected chi connectivity index (χ2v) is 14.5. The average Bonchev–Trinajstić information content (AvgIpc) is 3.59. The summed E-state index contributed by atoms with van der Waals surface area (Å²) in [5.74, 6) is 4.66. The van der Waals surface area contributed by atoms with Gasteiger partial charge in [-0.25, -0.2) is 14.5 Å². The second kappa shape index (κ2) is 11.1. The zero-order chi connectivity index (χ0) is 29.5. The van der Waals surface area contributed by atoms with Gasteiger partial charge in [0.1, 0.15) is 12.0 Å². The summed E-state index contributed by atoms with van der Waals surface area (Å²) in [6.07, 6.45) is 3.73. The van der Waals surface area contributed by atoms with Crippen LogP contribution in [0.4, 0.5) is 0 Å². The second-order valence-electron chi connectivity index (χ2n) is 10.8. The Morgan fingerprint density at radius 1 is 1.32 bits per heavy atom. The van der Waals surface area contributed by atoms with Gasteiger partial charge >= 0.3 is 5.97 Å². The number of para-hydroxylation sites is 1. The third kappa shape index (κ3) is 5.55. The molecule has 0 amide bonds. The van der Waals surface area contributed by atoms with Crippen LogP contribution in [0.2, 0.25) is 0 Å². The standard InChI is InChI=1S/C29H33N3O7S2/c1-17-23-25(40-24(17)26-30-12-13-38-26)20(31-32(27(23)33)29(2,3)28(34)35)16-22(19-8-6-7-9-21(19)37-4)39-18-10-14-41(5,36)15-11-18/h6-9,12-13,18,22H,5,10-11,14-16H2,1-4H3,(H,34,35)/t18?,22-,41?/m0/s1. The number of methoxy groups -OCH3 is 1. The number of aryl methyl sites for hydroxylation is 1. The van der Waals surface area contributed by atoms with Gasteiger partial charge in [0.2, 0.25) is 5.89 Å². The van der Waals surface area contributed by atoms with Gasteiger partial charge in [-0.05, 0) is 60.6 Å². The van der Waals surface area contributed by atoms with E-state index in [-0.39, 0.29) is 12.5 Å². The molecule has 12 heteroatoms. The lowest BCUT2D eigenvalue weighted by Gasteiger charge is -2.30. The van der Waals surface area contributed by atoms with Crippen LogP contribution in [-0.2, 0) is 31.0 Å². The average molecular weight is 600 g/mol. The lowest BCUT2D eigenvalue weighted by Crippen LogP contribution is -2.44. The molecule has 10 nitrogen and oxygen atoms in total. The Bertz CT molecular complexity index is 1740. The van der Waals surface area contributed by atoms with Gasteiger partial charge in [0, 0.05) is 23.5 Å². The van der Waals surface area contributed by atoms with Gasteiger partial charge in [0.25, 0.3) is 5.56 Å². The Morgan fingerprint density at radius 2 is 2.02 bits per heavy atom. The number of nitrogens with zero attached hydrogens (tertiary/aromatic N) is 3. The maximum absolute atomic E-state index is 13.8. The van der Waals surface area contributed by atoms with Gasteiger partial charge in [-0.1, -0.05) is 18.2 Å². The number of ether oxygens (including phenoxy) is 2. The number of benzene rings is 1. The Labute approximate surface area is 241 Å². The molecule has 4 aromatic rings. The number of carbonyl (C=O) groups is 1. The third-order valence-electron chi connectivity index (χ3n) is 7.56. The molecule has 0 spiro atoms. The molecular weight excluding hydrogens is 566 g/mol. The predicted molar refractivity (Wildman–Crippen MR) is 160 cm³/mol. The van der Waals surface area contributed by atoms with Crippen LogP contribution in [0.1, 0.15) is 49.6 Å². The molecule has 1 aliphatic heterocycles. The number of aliphatic carboxylic acids is 1. The van der Waals surface area contributed by atoms with E-state index >= 15 is 0 Å². The molecule has 5 rings (SSSR count). The van der Waals surface area contributed by atoms with E-state index in [0.29, 0.717) is 62.2 Å². The molecule has 0 aliphatic carbocycles. The van der Waals surface area contributed by atoms with Gasteiger partial charge in [0.05, 0.1) is 46.2 Å². The zero-order valence-electron chi connectivity index (χ0n) is 23.4. The van der Waals surface area contributed by atoms with Gasteiger partial charge < -0.3 is 19.0 Å². The van der Waals surface area contributed by atoms with Gasteiger partial charge in [-0.2, -0.15) is 5.10 Å². The molecule has 0 radical (unpaired) electrons. The van der Waals surface area contributed by atoms with Crippen LogP contribution in [0.3, 0.4) is 0 Å². The minimum atomic E-state index is -2.10. The quantitative estimate of drug-likeness (QED) is 0.277. The number of fused-ring (bicyclic) bond motifs is 1. The Kier molecular flexibility index (Phi) is 7.84. The van der Waals surface area contributed by atoms with Crippen LogP contribution in [0.25, 0.3) is 20.9 Å². The van der Waals surface area contributed by atoms with Crippen molar-refractivity contribution >= 4 is 42.8 Å². The minimum absolute atomic E-state index is 0.161. The van der Waals surface area contributed by atoms with Crippen LogP contribution in [0.15, 0.2) is 45.9 Å². The highest BCUT2D eigenvalue weighted by atomic mass is 32.2. The van der Waals surface area contributed by atoms with Crippen molar-refractivity contribution in [2.45, 2.75) is 57.8 Å². The molecule has 1 N–H and O–H groups in total. The summed E-state index contributed by atoms with van der Waals surface area (Å²) in [5.41, 5.74) is -0.177. The van der Waals surface area contributed by atoms with Gasteiger partial charge in [-0.3, -0.25) is 9.00 Å². The number of rotatable bonds is 9. The van der Waals surface area contributed by atoms with Crippen LogP contribution in [-0.4, -0.2) is 60.6 Å². The van der Waals surface area contributed by atoms with E-state index in [1.54, 1.807) is 14.0 Å². The predicted octanol–water partition coefficient (Wildman–Crippen LogP) is 4.43. The van der Waals surface area contributed by atoms with E-state index in [1.165, 1.54) is 37.6 Å². The number of thiophene rings is 1. The van der Waals surface area contributed by atoms with Crippen LogP contribution < -0.4 is 10.3 Å². The van der Waals surface area contributed by atoms with Crippen molar-refractivity contribution < 1.29 is 28.0 Å². The van der Waals surface area contributed by atoms with Crippen molar-refractivity contribution in [3.63, 3.8) is 0 Å². The fourth-order valence-electron chi connectivity index (χ4n) is 5.08. The van der Waals surface area contributed by atoms with E-state index in [9.17, 15) is 18.9 Å². The van der Waals surface area contributed by atoms with E-state index in [1.807, 2.05) is 24.3 Å². The summed E-state index contributed by atoms with van der Waals surface area (Å²) in [4.78, 5) is 31.0. The first-order chi connectivity index (χ1) is 19.4. The van der Waals surface area contributed by atoms with Crippen molar-refractivity contribution in [1.82, 2.24) is 14.8 Å². The largest absolute Gasteiger partial charge is 0.496 e. The first-order valence-electron chi connectivity index (χ1n) is 13.2. The van der Waals surface area contributed by atoms with Crippen LogP contribution in [0.5, 0.6) is 5.75 Å². The van der Waals surface area contributed by atoms with E-state index < -0.39 is 32.7 Å². The number of carboxylic acid groups (broad SMARTS) is 1. The molecule has 0 saturated carbocycles. The summed E-state index contributed by atoms with van der Waals surface area (Å²) in [6.45, 7) is 4.69. The van der Waals surface area contributed by atoms with Crippen LogP contribution >= 0.6 is 11.3 Å². The molecule has 3 aromatic heterocycles.